The normalized spacial score (nSPS) is 10.4. The highest BCUT2D eigenvalue weighted by atomic mass is 32.2. The van der Waals surface area contributed by atoms with Gasteiger partial charge in [-0.2, -0.15) is 0 Å². The lowest BCUT2D eigenvalue weighted by atomic mass is 10.2. The van der Waals surface area contributed by atoms with E-state index in [4.69, 9.17) is 4.74 Å². The number of benzene rings is 2. The van der Waals surface area contributed by atoms with Crippen molar-refractivity contribution in [3.05, 3.63) is 59.9 Å². The summed E-state index contributed by atoms with van der Waals surface area (Å²) in [6, 6.07) is 14.1. The summed E-state index contributed by atoms with van der Waals surface area (Å²) in [6.45, 7) is 0.0943. The fraction of sp³-hybridized carbons (Fsp3) is 0.300. The fourth-order valence-electron chi connectivity index (χ4n) is 2.25. The van der Waals surface area contributed by atoms with Gasteiger partial charge in [0.05, 0.1) is 5.75 Å². The number of rotatable bonds is 8. The molecule has 0 saturated carbocycles. The molecule has 27 heavy (non-hydrogen) atoms. The van der Waals surface area contributed by atoms with Gasteiger partial charge in [0, 0.05) is 38.3 Å². The Morgan fingerprint density at radius 3 is 2.33 bits per heavy atom. The summed E-state index contributed by atoms with van der Waals surface area (Å²) >= 11 is 1.04. The molecule has 2 aromatic carbocycles. The van der Waals surface area contributed by atoms with Crippen LogP contribution in [0.2, 0.25) is 0 Å². The zero-order valence-corrected chi connectivity index (χ0v) is 16.5. The Balaban J connectivity index is 1.75. The van der Waals surface area contributed by atoms with E-state index in [1.54, 1.807) is 25.2 Å². The highest BCUT2D eigenvalue weighted by molar-refractivity contribution is 8.00. The number of carbonyl (C=O) groups is 2. The molecule has 7 heteroatoms. The number of carbonyl (C=O) groups excluding carboxylic acids is 2. The highest BCUT2D eigenvalue weighted by Gasteiger charge is 2.13. The predicted molar refractivity (Wildman–Crippen MR) is 105 cm³/mol. The molecule has 0 aliphatic carbocycles. The van der Waals surface area contributed by atoms with Gasteiger partial charge in [0.15, 0.2) is 6.61 Å². The number of halogens is 1. The van der Waals surface area contributed by atoms with Gasteiger partial charge in [0.25, 0.3) is 5.91 Å². The summed E-state index contributed by atoms with van der Waals surface area (Å²) in [6.07, 6.45) is 0. The lowest BCUT2D eigenvalue weighted by Crippen LogP contribution is -2.31. The molecule has 0 unspecified atom stereocenters. The van der Waals surface area contributed by atoms with Gasteiger partial charge >= 0.3 is 5.97 Å². The molecule has 144 valence electrons. The first-order chi connectivity index (χ1) is 12.9. The topological polar surface area (TPSA) is 49.9 Å². The van der Waals surface area contributed by atoms with E-state index in [1.165, 1.54) is 11.0 Å². The number of amides is 1. The number of thioether (sulfide) groups is 1. The molecule has 2 aromatic rings. The first-order valence-electron chi connectivity index (χ1n) is 8.40. The zero-order chi connectivity index (χ0) is 19.8. The van der Waals surface area contributed by atoms with Crippen molar-refractivity contribution in [3.8, 4) is 0 Å². The van der Waals surface area contributed by atoms with Crippen LogP contribution in [-0.4, -0.2) is 50.3 Å². The second-order valence-corrected chi connectivity index (χ2v) is 7.21. The number of anilines is 1. The largest absolute Gasteiger partial charge is 0.455 e. The number of esters is 1. The van der Waals surface area contributed by atoms with Crippen molar-refractivity contribution in [2.45, 2.75) is 11.4 Å². The van der Waals surface area contributed by atoms with Crippen molar-refractivity contribution < 1.29 is 18.7 Å². The summed E-state index contributed by atoms with van der Waals surface area (Å²) < 4.78 is 18.5. The molecule has 0 aliphatic rings. The Hall–Kier alpha value is -2.54. The molecule has 0 heterocycles. The quantitative estimate of drug-likeness (QED) is 0.512. The average Bonchev–Trinajstić information content (AvgIpc) is 2.65. The summed E-state index contributed by atoms with van der Waals surface area (Å²) in [5.74, 6) is -1.29. The predicted octanol–water partition coefficient (Wildman–Crippen LogP) is 3.19. The highest BCUT2D eigenvalue weighted by Crippen LogP contribution is 2.21. The molecule has 1 amide bonds. The minimum Gasteiger partial charge on any atom is -0.455 e. The van der Waals surface area contributed by atoms with Crippen LogP contribution in [0.1, 0.15) is 5.56 Å². The number of hydrogen-bond acceptors (Lipinski definition) is 5. The maximum atomic E-state index is 13.5. The third kappa shape index (κ3) is 6.60. The second-order valence-electron chi connectivity index (χ2n) is 6.19. The van der Waals surface area contributed by atoms with E-state index >= 15 is 0 Å². The van der Waals surface area contributed by atoms with Crippen LogP contribution in [0.3, 0.4) is 0 Å². The van der Waals surface area contributed by atoms with E-state index in [1.807, 2.05) is 43.3 Å². The summed E-state index contributed by atoms with van der Waals surface area (Å²) in [4.78, 5) is 27.8. The summed E-state index contributed by atoms with van der Waals surface area (Å²) in [5, 5.41) is 0. The molecule has 0 N–H and O–H groups in total. The van der Waals surface area contributed by atoms with Crippen molar-refractivity contribution >= 4 is 29.3 Å². The van der Waals surface area contributed by atoms with Crippen LogP contribution in [0.15, 0.2) is 53.4 Å². The molecule has 0 atom stereocenters. The third-order valence-electron chi connectivity index (χ3n) is 3.84. The van der Waals surface area contributed by atoms with E-state index < -0.39 is 5.97 Å². The van der Waals surface area contributed by atoms with E-state index in [9.17, 15) is 14.0 Å². The van der Waals surface area contributed by atoms with Crippen LogP contribution in [0.5, 0.6) is 0 Å². The second kappa shape index (κ2) is 9.97. The summed E-state index contributed by atoms with van der Waals surface area (Å²) in [7, 11) is 5.58. The van der Waals surface area contributed by atoms with E-state index in [-0.39, 0.29) is 24.1 Å². The molecule has 0 fully saturated rings. The van der Waals surface area contributed by atoms with Crippen LogP contribution >= 0.6 is 11.8 Å². The van der Waals surface area contributed by atoms with Crippen LogP contribution in [0.4, 0.5) is 10.1 Å². The maximum Gasteiger partial charge on any atom is 0.316 e. The number of ether oxygens (including phenoxy) is 1. The van der Waals surface area contributed by atoms with Crippen LogP contribution < -0.4 is 4.90 Å². The van der Waals surface area contributed by atoms with Crippen LogP contribution in [0.25, 0.3) is 0 Å². The van der Waals surface area contributed by atoms with Crippen molar-refractivity contribution in [2.24, 2.45) is 0 Å². The SMILES string of the molecule is CN(Cc1ccc(N(C)C)cc1)C(=O)COC(=O)CSc1ccccc1F. The lowest BCUT2D eigenvalue weighted by molar-refractivity contribution is -0.149. The van der Waals surface area contributed by atoms with Gasteiger partial charge in [0.2, 0.25) is 0 Å². The minimum absolute atomic E-state index is 0.0517. The molecule has 0 bridgehead atoms. The first-order valence-corrected chi connectivity index (χ1v) is 9.38. The molecule has 0 spiro atoms. The van der Waals surface area contributed by atoms with E-state index in [0.29, 0.717) is 11.4 Å². The molecular weight excluding hydrogens is 367 g/mol. The van der Waals surface area contributed by atoms with E-state index in [0.717, 1.165) is 23.0 Å². The number of likely N-dealkylation sites (N-methyl/N-ethyl adjacent to an activating group) is 1. The standard InChI is InChI=1S/C20H23FN2O3S/c1-22(2)16-10-8-15(9-11-16)12-23(3)19(24)13-26-20(25)14-27-18-7-5-4-6-17(18)21/h4-11H,12-14H2,1-3H3. The molecule has 0 saturated heterocycles. The first kappa shape index (κ1) is 20.8. The van der Waals surface area contributed by atoms with Gasteiger partial charge in [-0.15, -0.1) is 11.8 Å². The molecular formula is C20H23FN2O3S. The van der Waals surface area contributed by atoms with Gasteiger partial charge in [-0.05, 0) is 29.8 Å². The van der Waals surface area contributed by atoms with E-state index in [2.05, 4.69) is 0 Å². The van der Waals surface area contributed by atoms with Crippen LogP contribution in [-0.2, 0) is 20.9 Å². The minimum atomic E-state index is -0.555. The number of hydrogen-bond donors (Lipinski definition) is 0. The van der Waals surface area contributed by atoms with Crippen molar-refractivity contribution in [1.82, 2.24) is 4.90 Å². The lowest BCUT2D eigenvalue weighted by Gasteiger charge is -2.18. The van der Waals surface area contributed by atoms with Gasteiger partial charge in [-0.25, -0.2) is 4.39 Å². The molecule has 2 rings (SSSR count). The third-order valence-corrected chi connectivity index (χ3v) is 4.86. The van der Waals surface area contributed by atoms with Crippen LogP contribution in [0, 0.1) is 5.82 Å². The molecule has 5 nitrogen and oxygen atoms in total. The zero-order valence-electron chi connectivity index (χ0n) is 15.6. The Bertz CT molecular complexity index is 781. The van der Waals surface area contributed by atoms with Gasteiger partial charge < -0.3 is 14.5 Å². The Labute approximate surface area is 163 Å². The number of nitrogens with zero attached hydrogens (tertiary/aromatic N) is 2. The Morgan fingerprint density at radius 2 is 1.70 bits per heavy atom. The van der Waals surface area contributed by atoms with Gasteiger partial charge in [0.1, 0.15) is 5.82 Å². The monoisotopic (exact) mass is 390 g/mol. The smallest absolute Gasteiger partial charge is 0.316 e. The molecule has 0 aromatic heterocycles. The van der Waals surface area contributed by atoms with Gasteiger partial charge in [-0.3, -0.25) is 9.59 Å². The molecule has 0 radical (unpaired) electrons. The van der Waals surface area contributed by atoms with Gasteiger partial charge in [-0.1, -0.05) is 24.3 Å². The molecule has 0 aliphatic heterocycles. The fourth-order valence-corrected chi connectivity index (χ4v) is 2.99. The Morgan fingerprint density at radius 1 is 1.04 bits per heavy atom. The van der Waals surface area contributed by atoms with Crippen molar-refractivity contribution in [3.63, 3.8) is 0 Å². The summed E-state index contributed by atoms with van der Waals surface area (Å²) in [5.41, 5.74) is 2.06. The van der Waals surface area contributed by atoms with Crippen molar-refractivity contribution in [2.75, 3.05) is 38.4 Å². The Kier molecular flexibility index (Phi) is 7.67. The average molecular weight is 390 g/mol. The maximum absolute atomic E-state index is 13.5. The van der Waals surface area contributed by atoms with Crippen molar-refractivity contribution in [1.29, 1.82) is 0 Å².